The van der Waals surface area contributed by atoms with E-state index in [0.717, 1.165) is 0 Å². The molecule has 1 aliphatic rings. The second-order valence-electron chi connectivity index (χ2n) is 3.29. The number of ether oxygens (including phenoxy) is 1. The molecular formula is C7H8Cl2O3. The summed E-state index contributed by atoms with van der Waals surface area (Å²) in [4.78, 5) is 21.9. The lowest BCUT2D eigenvalue weighted by Crippen LogP contribution is -2.50. The fourth-order valence-corrected chi connectivity index (χ4v) is 1.34. The summed E-state index contributed by atoms with van der Waals surface area (Å²) in [5.41, 5.74) is -0.754. The van der Waals surface area contributed by atoms with Gasteiger partial charge in [0.25, 0.3) is 0 Å². The van der Waals surface area contributed by atoms with Crippen LogP contribution in [0.2, 0.25) is 0 Å². The molecule has 0 amide bonds. The molecule has 1 heterocycles. The van der Waals surface area contributed by atoms with Gasteiger partial charge in [0.15, 0.2) is 0 Å². The second-order valence-corrected chi connectivity index (χ2v) is 4.16. The first kappa shape index (κ1) is 9.81. The average molecular weight is 211 g/mol. The van der Waals surface area contributed by atoms with Gasteiger partial charge in [-0.3, -0.25) is 0 Å². The number of carbonyl (C=O) groups excluding carboxylic acids is 2. The molecule has 0 N–H and O–H groups in total. The number of hydrogen-bond donors (Lipinski definition) is 0. The van der Waals surface area contributed by atoms with Crippen LogP contribution < -0.4 is 0 Å². The highest BCUT2D eigenvalue weighted by Gasteiger charge is 2.50. The van der Waals surface area contributed by atoms with E-state index in [0.29, 0.717) is 0 Å². The number of hydrogen-bond acceptors (Lipinski definition) is 3. The van der Waals surface area contributed by atoms with E-state index in [2.05, 4.69) is 4.74 Å². The van der Waals surface area contributed by atoms with Crippen molar-refractivity contribution in [2.75, 3.05) is 0 Å². The number of alkyl halides is 2. The second kappa shape index (κ2) is 2.89. The van der Waals surface area contributed by atoms with Crippen molar-refractivity contribution in [3.63, 3.8) is 0 Å². The smallest absolute Gasteiger partial charge is 0.332 e. The third-order valence-corrected chi connectivity index (χ3v) is 3.40. The van der Waals surface area contributed by atoms with Crippen LogP contribution in [0.25, 0.3) is 0 Å². The fourth-order valence-electron chi connectivity index (χ4n) is 0.939. The van der Waals surface area contributed by atoms with Crippen molar-refractivity contribution in [3.8, 4) is 0 Å². The first-order valence-corrected chi connectivity index (χ1v) is 4.28. The number of halogens is 2. The molecule has 0 aromatic heterocycles. The zero-order valence-corrected chi connectivity index (χ0v) is 8.15. The summed E-state index contributed by atoms with van der Waals surface area (Å²) in [6, 6.07) is 0. The minimum absolute atomic E-state index is 0.719. The first-order chi connectivity index (χ1) is 5.37. The molecule has 0 aliphatic carbocycles. The van der Waals surface area contributed by atoms with Crippen LogP contribution in [0.15, 0.2) is 0 Å². The van der Waals surface area contributed by atoms with Gasteiger partial charge in [-0.25, -0.2) is 9.59 Å². The van der Waals surface area contributed by atoms with Crippen LogP contribution in [0.3, 0.4) is 0 Å². The maximum Gasteiger partial charge on any atom is 0.332 e. The predicted molar refractivity (Wildman–Crippen MR) is 44.2 cm³/mol. The Morgan fingerprint density at radius 1 is 1.17 bits per heavy atom. The van der Waals surface area contributed by atoms with E-state index in [1.165, 1.54) is 0 Å². The molecule has 0 radical (unpaired) electrons. The SMILES string of the molecule is CC1(C)C(Cl)C(=O)OC(=O)C1Cl. The van der Waals surface area contributed by atoms with Gasteiger partial charge >= 0.3 is 11.9 Å². The molecule has 1 fully saturated rings. The Bertz CT molecular complexity index is 215. The van der Waals surface area contributed by atoms with Gasteiger partial charge in [0.1, 0.15) is 10.8 Å². The van der Waals surface area contributed by atoms with E-state index in [1.54, 1.807) is 13.8 Å². The molecule has 0 aromatic carbocycles. The van der Waals surface area contributed by atoms with E-state index in [4.69, 9.17) is 23.2 Å². The molecule has 0 bridgehead atoms. The standard InChI is InChI=1S/C7H8Cl2O3/c1-7(2)3(8)5(10)12-6(11)4(7)9/h3-4H,1-2H3. The molecule has 2 unspecified atom stereocenters. The van der Waals surface area contributed by atoms with Gasteiger partial charge < -0.3 is 4.74 Å². The third kappa shape index (κ3) is 1.31. The fraction of sp³-hybridized carbons (Fsp3) is 0.714. The van der Waals surface area contributed by atoms with Crippen molar-refractivity contribution in [2.45, 2.75) is 24.6 Å². The van der Waals surface area contributed by atoms with Crippen molar-refractivity contribution in [1.29, 1.82) is 0 Å². The average Bonchev–Trinajstić information content (AvgIpc) is 1.99. The number of carbonyl (C=O) groups is 2. The van der Waals surface area contributed by atoms with Crippen LogP contribution in [-0.2, 0) is 14.3 Å². The van der Waals surface area contributed by atoms with Gasteiger partial charge in [0.2, 0.25) is 0 Å². The monoisotopic (exact) mass is 210 g/mol. The zero-order chi connectivity index (χ0) is 9.52. The Balaban J connectivity index is 2.97. The summed E-state index contributed by atoms with van der Waals surface area (Å²) >= 11 is 11.4. The van der Waals surface area contributed by atoms with E-state index < -0.39 is 28.1 Å². The zero-order valence-electron chi connectivity index (χ0n) is 6.64. The van der Waals surface area contributed by atoms with Gasteiger partial charge in [0, 0.05) is 5.41 Å². The van der Waals surface area contributed by atoms with Crippen molar-refractivity contribution in [2.24, 2.45) is 5.41 Å². The van der Waals surface area contributed by atoms with Crippen LogP contribution in [0, 0.1) is 5.41 Å². The van der Waals surface area contributed by atoms with Crippen molar-refractivity contribution in [1.82, 2.24) is 0 Å². The molecule has 5 heteroatoms. The molecule has 1 aliphatic heterocycles. The minimum Gasteiger partial charge on any atom is -0.391 e. The highest BCUT2D eigenvalue weighted by atomic mass is 35.5. The van der Waals surface area contributed by atoms with Gasteiger partial charge in [-0.05, 0) is 0 Å². The summed E-state index contributed by atoms with van der Waals surface area (Å²) in [6.45, 7) is 3.31. The normalized spacial score (nSPS) is 34.7. The molecule has 0 saturated carbocycles. The summed E-state index contributed by atoms with van der Waals surface area (Å²) in [7, 11) is 0. The quantitative estimate of drug-likeness (QED) is 0.344. The van der Waals surface area contributed by atoms with E-state index in [1.807, 2.05) is 0 Å². The molecule has 12 heavy (non-hydrogen) atoms. The molecule has 3 nitrogen and oxygen atoms in total. The molecule has 0 spiro atoms. The van der Waals surface area contributed by atoms with Crippen LogP contribution in [0.5, 0.6) is 0 Å². The predicted octanol–water partition coefficient (Wildman–Crippen LogP) is 1.31. The maximum absolute atomic E-state index is 10.9. The van der Waals surface area contributed by atoms with Crippen molar-refractivity contribution < 1.29 is 14.3 Å². The van der Waals surface area contributed by atoms with E-state index >= 15 is 0 Å². The van der Waals surface area contributed by atoms with Crippen LogP contribution in [0.4, 0.5) is 0 Å². The van der Waals surface area contributed by atoms with Gasteiger partial charge in [-0.2, -0.15) is 0 Å². The maximum atomic E-state index is 10.9. The largest absolute Gasteiger partial charge is 0.391 e. The number of cyclic esters (lactones) is 2. The van der Waals surface area contributed by atoms with Gasteiger partial charge in [0.05, 0.1) is 0 Å². The van der Waals surface area contributed by atoms with Gasteiger partial charge in [-0.15, -0.1) is 23.2 Å². The van der Waals surface area contributed by atoms with Crippen molar-refractivity contribution >= 4 is 35.1 Å². The Labute approximate surface area is 80.0 Å². The Kier molecular flexibility index (Phi) is 2.36. The number of rotatable bonds is 0. The molecule has 0 aromatic rings. The summed E-state index contributed by atoms with van der Waals surface area (Å²) < 4.78 is 4.30. The van der Waals surface area contributed by atoms with Crippen molar-refractivity contribution in [3.05, 3.63) is 0 Å². The van der Waals surface area contributed by atoms with Crippen LogP contribution in [-0.4, -0.2) is 22.7 Å². The van der Waals surface area contributed by atoms with Gasteiger partial charge in [-0.1, -0.05) is 13.8 Å². The topological polar surface area (TPSA) is 43.4 Å². The van der Waals surface area contributed by atoms with Crippen LogP contribution in [0.1, 0.15) is 13.8 Å². The lowest BCUT2D eigenvalue weighted by Gasteiger charge is -2.35. The highest BCUT2D eigenvalue weighted by Crippen LogP contribution is 2.37. The lowest BCUT2D eigenvalue weighted by molar-refractivity contribution is -0.167. The molecule has 1 rings (SSSR count). The lowest BCUT2D eigenvalue weighted by atomic mass is 9.83. The summed E-state index contributed by atoms with van der Waals surface area (Å²) in [5, 5.41) is -1.73. The Hall–Kier alpha value is -0.280. The number of esters is 2. The molecular weight excluding hydrogens is 203 g/mol. The van der Waals surface area contributed by atoms with Crippen LogP contribution >= 0.6 is 23.2 Å². The van der Waals surface area contributed by atoms with E-state index in [9.17, 15) is 9.59 Å². The third-order valence-electron chi connectivity index (χ3n) is 1.92. The Morgan fingerprint density at radius 3 is 1.83 bits per heavy atom. The first-order valence-electron chi connectivity index (χ1n) is 3.41. The summed E-state index contributed by atoms with van der Waals surface area (Å²) in [5.74, 6) is -1.44. The highest BCUT2D eigenvalue weighted by molar-refractivity contribution is 6.37. The minimum atomic E-state index is -0.863. The summed E-state index contributed by atoms with van der Waals surface area (Å²) in [6.07, 6.45) is 0. The Morgan fingerprint density at radius 2 is 1.50 bits per heavy atom. The molecule has 2 atom stereocenters. The van der Waals surface area contributed by atoms with E-state index in [-0.39, 0.29) is 0 Å². The molecule has 68 valence electrons. The molecule has 1 saturated heterocycles.